The van der Waals surface area contributed by atoms with Gasteiger partial charge in [-0.2, -0.15) is 5.26 Å². The van der Waals surface area contributed by atoms with Crippen LogP contribution in [0.15, 0.2) is 59.2 Å². The number of rotatable bonds is 4. The van der Waals surface area contributed by atoms with Gasteiger partial charge >= 0.3 is 0 Å². The van der Waals surface area contributed by atoms with Crippen LogP contribution in [0.4, 0.5) is 0 Å². The first-order valence-electron chi connectivity index (χ1n) is 9.59. The van der Waals surface area contributed by atoms with Crippen molar-refractivity contribution in [2.75, 3.05) is 0 Å². The van der Waals surface area contributed by atoms with Gasteiger partial charge in [0, 0.05) is 18.4 Å². The topological polar surface area (TPSA) is 85.3 Å². The highest BCUT2D eigenvalue weighted by Gasteiger charge is 2.38. The maximum absolute atomic E-state index is 12.7. The van der Waals surface area contributed by atoms with Gasteiger partial charge in [0.1, 0.15) is 29.8 Å². The molecule has 0 amide bonds. The molecule has 0 fully saturated rings. The number of carbonyl (C=O) groups is 1. The summed E-state index contributed by atoms with van der Waals surface area (Å²) in [6.07, 6.45) is 1.72. The summed E-state index contributed by atoms with van der Waals surface area (Å²) in [4.78, 5) is 12.7. The number of halogens is 3. The lowest BCUT2D eigenvalue weighted by molar-refractivity contribution is -0.116. The van der Waals surface area contributed by atoms with E-state index in [1.807, 2.05) is 6.07 Å². The standard InChI is InChI=1S/C23H17Cl3N2O3/c24-15-6-4-12(8-16(15)25)11-30-19-7-5-13(9-17(19)26)21-14(10-27)23(28)31-20-3-1-2-18(29)22(20)21/h4-9,21H,1-3,11,28H2/t21-/m0/s1. The predicted octanol–water partition coefficient (Wildman–Crippen LogP) is 6.04. The summed E-state index contributed by atoms with van der Waals surface area (Å²) in [5.74, 6) is 0.375. The fourth-order valence-corrected chi connectivity index (χ4v) is 4.36. The molecule has 2 N–H and O–H groups in total. The van der Waals surface area contributed by atoms with E-state index in [2.05, 4.69) is 6.07 Å². The summed E-state index contributed by atoms with van der Waals surface area (Å²) < 4.78 is 11.4. The molecule has 4 rings (SSSR count). The Morgan fingerprint density at radius 2 is 1.90 bits per heavy atom. The number of nitriles is 1. The van der Waals surface area contributed by atoms with Crippen molar-refractivity contribution in [2.24, 2.45) is 5.73 Å². The zero-order chi connectivity index (χ0) is 22.1. The maximum atomic E-state index is 12.7. The van der Waals surface area contributed by atoms with Gasteiger partial charge in [0.25, 0.3) is 0 Å². The summed E-state index contributed by atoms with van der Waals surface area (Å²) in [7, 11) is 0. The van der Waals surface area contributed by atoms with E-state index in [9.17, 15) is 10.1 Å². The Bertz CT molecular complexity index is 1180. The van der Waals surface area contributed by atoms with Crippen LogP contribution >= 0.6 is 34.8 Å². The van der Waals surface area contributed by atoms with E-state index >= 15 is 0 Å². The van der Waals surface area contributed by atoms with Crippen LogP contribution in [-0.4, -0.2) is 5.78 Å². The molecule has 2 aromatic rings. The third kappa shape index (κ3) is 4.24. The summed E-state index contributed by atoms with van der Waals surface area (Å²) in [6, 6.07) is 12.5. The van der Waals surface area contributed by atoms with Gasteiger partial charge in [-0.15, -0.1) is 0 Å². The number of nitrogens with two attached hydrogens (primary N) is 1. The molecule has 2 aromatic carbocycles. The average Bonchev–Trinajstić information content (AvgIpc) is 2.74. The number of hydrogen-bond acceptors (Lipinski definition) is 5. The van der Waals surface area contributed by atoms with Crippen LogP contribution in [0.1, 0.15) is 36.3 Å². The molecule has 0 bridgehead atoms. The van der Waals surface area contributed by atoms with Gasteiger partial charge in [0.05, 0.1) is 21.0 Å². The molecule has 2 aliphatic rings. The second-order valence-electron chi connectivity index (χ2n) is 7.27. The molecule has 0 aromatic heterocycles. The van der Waals surface area contributed by atoms with Gasteiger partial charge in [-0.1, -0.05) is 46.9 Å². The van der Waals surface area contributed by atoms with E-state index in [0.29, 0.717) is 57.0 Å². The zero-order valence-electron chi connectivity index (χ0n) is 16.3. The number of benzene rings is 2. The Morgan fingerprint density at radius 1 is 1.10 bits per heavy atom. The fourth-order valence-electron chi connectivity index (χ4n) is 3.79. The van der Waals surface area contributed by atoms with E-state index in [4.69, 9.17) is 50.0 Å². The minimum absolute atomic E-state index is 0.0250. The van der Waals surface area contributed by atoms with Crippen molar-refractivity contribution in [1.82, 2.24) is 0 Å². The summed E-state index contributed by atoms with van der Waals surface area (Å²) in [5.41, 5.74) is 8.19. The molecule has 158 valence electrons. The molecule has 1 heterocycles. The second kappa shape index (κ2) is 8.84. The van der Waals surface area contributed by atoms with E-state index in [0.717, 1.165) is 5.56 Å². The van der Waals surface area contributed by atoms with Crippen molar-refractivity contribution in [3.8, 4) is 11.8 Å². The molecule has 0 spiro atoms. The number of carbonyl (C=O) groups excluding carboxylic acids is 1. The molecular formula is C23H17Cl3N2O3. The van der Waals surface area contributed by atoms with Gasteiger partial charge in [0.15, 0.2) is 5.78 Å². The Kier molecular flexibility index (Phi) is 6.15. The van der Waals surface area contributed by atoms with Gasteiger partial charge in [-0.05, 0) is 41.8 Å². The van der Waals surface area contributed by atoms with Gasteiger partial charge in [-0.25, -0.2) is 0 Å². The first kappa shape index (κ1) is 21.6. The highest BCUT2D eigenvalue weighted by molar-refractivity contribution is 6.42. The Morgan fingerprint density at radius 3 is 2.61 bits per heavy atom. The van der Waals surface area contributed by atoms with Crippen molar-refractivity contribution in [3.05, 3.63) is 85.4 Å². The smallest absolute Gasteiger partial charge is 0.205 e. The number of allylic oxidation sites excluding steroid dienone is 3. The fraction of sp³-hybridized carbons (Fsp3) is 0.217. The number of ketones is 1. The Balaban J connectivity index is 1.63. The van der Waals surface area contributed by atoms with Crippen LogP contribution in [0.25, 0.3) is 0 Å². The Labute approximate surface area is 194 Å². The monoisotopic (exact) mass is 474 g/mol. The summed E-state index contributed by atoms with van der Waals surface area (Å²) in [6.45, 7) is 0.247. The van der Waals surface area contributed by atoms with Crippen LogP contribution in [0.3, 0.4) is 0 Å². The minimum atomic E-state index is -0.608. The molecule has 0 saturated carbocycles. The van der Waals surface area contributed by atoms with Gasteiger partial charge in [0.2, 0.25) is 5.88 Å². The lowest BCUT2D eigenvalue weighted by Crippen LogP contribution is -2.27. The van der Waals surface area contributed by atoms with Crippen LogP contribution in [0, 0.1) is 11.3 Å². The molecule has 31 heavy (non-hydrogen) atoms. The third-order valence-electron chi connectivity index (χ3n) is 5.27. The van der Waals surface area contributed by atoms with Crippen LogP contribution < -0.4 is 10.5 Å². The van der Waals surface area contributed by atoms with E-state index in [1.165, 1.54) is 0 Å². The first-order chi connectivity index (χ1) is 14.9. The second-order valence-corrected chi connectivity index (χ2v) is 8.49. The van der Waals surface area contributed by atoms with Crippen molar-refractivity contribution in [1.29, 1.82) is 5.26 Å². The molecule has 1 aliphatic carbocycles. The van der Waals surface area contributed by atoms with Crippen molar-refractivity contribution >= 4 is 40.6 Å². The van der Waals surface area contributed by atoms with Crippen LogP contribution in [-0.2, 0) is 16.1 Å². The molecular weight excluding hydrogens is 459 g/mol. The predicted molar refractivity (Wildman–Crippen MR) is 119 cm³/mol. The number of nitrogens with zero attached hydrogens (tertiary/aromatic N) is 1. The highest BCUT2D eigenvalue weighted by Crippen LogP contribution is 2.44. The lowest BCUT2D eigenvalue weighted by atomic mass is 9.77. The molecule has 1 aliphatic heterocycles. The molecule has 5 nitrogen and oxygen atoms in total. The zero-order valence-corrected chi connectivity index (χ0v) is 18.5. The normalized spacial score (nSPS) is 18.4. The average molecular weight is 476 g/mol. The first-order valence-corrected chi connectivity index (χ1v) is 10.7. The highest BCUT2D eigenvalue weighted by atomic mass is 35.5. The van der Waals surface area contributed by atoms with Crippen molar-refractivity contribution < 1.29 is 14.3 Å². The van der Waals surface area contributed by atoms with Crippen molar-refractivity contribution in [3.63, 3.8) is 0 Å². The molecule has 0 radical (unpaired) electrons. The SMILES string of the molecule is N#CC1=C(N)OC2=C(C(=O)CCC2)[C@H]1c1ccc(OCc2ccc(Cl)c(Cl)c2)c(Cl)c1. The van der Waals surface area contributed by atoms with E-state index in [1.54, 1.807) is 30.3 Å². The largest absolute Gasteiger partial charge is 0.487 e. The third-order valence-corrected chi connectivity index (χ3v) is 6.31. The Hall–Kier alpha value is -2.65. The summed E-state index contributed by atoms with van der Waals surface area (Å²) in [5, 5.41) is 10.9. The number of Topliss-reactive ketones (excluding diaryl/α,β-unsaturated/α-hetero) is 1. The molecule has 8 heteroatoms. The van der Waals surface area contributed by atoms with Crippen molar-refractivity contribution in [2.45, 2.75) is 31.8 Å². The quantitative estimate of drug-likeness (QED) is 0.582. The molecule has 0 saturated heterocycles. The van der Waals surface area contributed by atoms with E-state index < -0.39 is 5.92 Å². The van der Waals surface area contributed by atoms with Crippen LogP contribution in [0.5, 0.6) is 5.75 Å². The van der Waals surface area contributed by atoms with Crippen LogP contribution in [0.2, 0.25) is 15.1 Å². The van der Waals surface area contributed by atoms with Gasteiger partial charge < -0.3 is 15.2 Å². The van der Waals surface area contributed by atoms with Gasteiger partial charge in [-0.3, -0.25) is 4.79 Å². The molecule has 0 unspecified atom stereocenters. The maximum Gasteiger partial charge on any atom is 0.205 e. The number of hydrogen-bond donors (Lipinski definition) is 1. The van der Waals surface area contributed by atoms with E-state index in [-0.39, 0.29) is 23.8 Å². The summed E-state index contributed by atoms with van der Waals surface area (Å²) >= 11 is 18.5. The molecule has 1 atom stereocenters. The minimum Gasteiger partial charge on any atom is -0.487 e. The number of ether oxygens (including phenoxy) is 2. The lowest BCUT2D eigenvalue weighted by Gasteiger charge is -2.31.